The quantitative estimate of drug-likeness (QED) is 0.413. The molecule has 0 saturated heterocycles. The van der Waals surface area contributed by atoms with Crippen molar-refractivity contribution in [1.29, 1.82) is 0 Å². The van der Waals surface area contributed by atoms with Crippen molar-refractivity contribution in [2.45, 2.75) is 37.5 Å². The number of hydrogen-bond acceptors (Lipinski definition) is 6. The zero-order chi connectivity index (χ0) is 19.6. The van der Waals surface area contributed by atoms with Gasteiger partial charge in [0.2, 0.25) is 5.91 Å². The number of aromatic amines is 1. The number of aliphatic hydroxyl groups is 4. The van der Waals surface area contributed by atoms with Gasteiger partial charge in [-0.3, -0.25) is 4.79 Å². The number of benzene rings is 1. The second-order valence-electron chi connectivity index (χ2n) is 5.76. The lowest BCUT2D eigenvalue weighted by atomic mass is 10.0. The van der Waals surface area contributed by atoms with Gasteiger partial charge in [0, 0.05) is 6.92 Å². The highest BCUT2D eigenvalue weighted by atomic mass is 19.4. The van der Waals surface area contributed by atoms with Gasteiger partial charge in [-0.05, 0) is 18.2 Å². The molecule has 0 aliphatic rings. The zero-order valence-corrected chi connectivity index (χ0v) is 13.5. The van der Waals surface area contributed by atoms with E-state index in [9.17, 15) is 33.3 Å². The van der Waals surface area contributed by atoms with Gasteiger partial charge in [-0.25, -0.2) is 4.98 Å². The van der Waals surface area contributed by atoms with Crippen molar-refractivity contribution >= 4 is 16.9 Å². The summed E-state index contributed by atoms with van der Waals surface area (Å²) < 4.78 is 38.4. The topological polar surface area (TPSA) is 139 Å². The first-order valence-electron chi connectivity index (χ1n) is 7.53. The number of nitrogens with one attached hydrogen (secondary N) is 2. The molecule has 0 spiro atoms. The van der Waals surface area contributed by atoms with Crippen LogP contribution in [0.4, 0.5) is 13.2 Å². The fourth-order valence-corrected chi connectivity index (χ4v) is 2.42. The maximum Gasteiger partial charge on any atom is 0.416 e. The highest BCUT2D eigenvalue weighted by Gasteiger charge is 2.35. The largest absolute Gasteiger partial charge is 0.416 e. The summed E-state index contributed by atoms with van der Waals surface area (Å²) in [5.41, 5.74) is -0.755. The maximum atomic E-state index is 12.8. The summed E-state index contributed by atoms with van der Waals surface area (Å²) in [7, 11) is 0. The Kier molecular flexibility index (Phi) is 5.86. The Bertz CT molecular complexity index is 779. The zero-order valence-electron chi connectivity index (χ0n) is 13.5. The fraction of sp³-hybridized carbons (Fsp3) is 0.467. The number of H-pyrrole nitrogens is 1. The minimum Gasteiger partial charge on any atom is -0.394 e. The Morgan fingerprint density at radius 3 is 2.46 bits per heavy atom. The first-order valence-corrected chi connectivity index (χ1v) is 7.53. The van der Waals surface area contributed by atoms with Gasteiger partial charge in [0.1, 0.15) is 30.2 Å². The molecule has 26 heavy (non-hydrogen) atoms. The van der Waals surface area contributed by atoms with E-state index in [4.69, 9.17) is 5.11 Å². The van der Waals surface area contributed by atoms with Crippen LogP contribution in [0.1, 0.15) is 24.4 Å². The van der Waals surface area contributed by atoms with Crippen LogP contribution in [0.25, 0.3) is 11.0 Å². The molecule has 8 nitrogen and oxygen atoms in total. The predicted molar refractivity (Wildman–Crippen MR) is 82.8 cm³/mol. The van der Waals surface area contributed by atoms with E-state index in [1.807, 2.05) is 0 Å². The predicted octanol–water partition coefficient (Wildman–Crippen LogP) is -0.166. The molecule has 1 amide bonds. The molecule has 2 rings (SSSR count). The Morgan fingerprint density at radius 1 is 1.27 bits per heavy atom. The first kappa shape index (κ1) is 20.1. The van der Waals surface area contributed by atoms with Crippen LogP contribution in [0.2, 0.25) is 0 Å². The van der Waals surface area contributed by atoms with Gasteiger partial charge in [0.25, 0.3) is 0 Å². The van der Waals surface area contributed by atoms with Crippen LogP contribution in [0.5, 0.6) is 0 Å². The third-order valence-electron chi connectivity index (χ3n) is 3.75. The van der Waals surface area contributed by atoms with Crippen LogP contribution in [0.15, 0.2) is 18.2 Å². The van der Waals surface area contributed by atoms with Crippen molar-refractivity contribution in [2.24, 2.45) is 0 Å². The van der Waals surface area contributed by atoms with Crippen molar-refractivity contribution < 1.29 is 38.4 Å². The molecule has 1 heterocycles. The number of fused-ring (bicyclic) bond motifs is 1. The summed E-state index contributed by atoms with van der Waals surface area (Å²) in [5.74, 6) is -0.734. The molecule has 4 atom stereocenters. The number of imidazole rings is 1. The molecule has 0 unspecified atom stereocenters. The third-order valence-corrected chi connectivity index (χ3v) is 3.75. The van der Waals surface area contributed by atoms with Crippen molar-refractivity contribution in [3.05, 3.63) is 29.6 Å². The molecule has 0 radical (unpaired) electrons. The summed E-state index contributed by atoms with van der Waals surface area (Å²) in [5, 5.41) is 40.7. The van der Waals surface area contributed by atoms with E-state index in [0.29, 0.717) is 0 Å². The number of aliphatic hydroxyl groups excluding tert-OH is 4. The van der Waals surface area contributed by atoms with Gasteiger partial charge >= 0.3 is 6.18 Å². The Labute approximate surface area is 145 Å². The average Bonchev–Trinajstić information content (AvgIpc) is 2.99. The van der Waals surface area contributed by atoms with E-state index in [0.717, 1.165) is 25.1 Å². The summed E-state index contributed by atoms with van der Waals surface area (Å²) in [6.07, 6.45) is -9.88. The molecule has 6 N–H and O–H groups in total. The molecule has 2 aromatic rings. The number of hydrogen-bond donors (Lipinski definition) is 6. The Morgan fingerprint density at radius 2 is 1.92 bits per heavy atom. The van der Waals surface area contributed by atoms with Gasteiger partial charge in [-0.1, -0.05) is 0 Å². The lowest BCUT2D eigenvalue weighted by molar-refractivity contribution is -0.137. The highest BCUT2D eigenvalue weighted by Crippen LogP contribution is 2.31. The van der Waals surface area contributed by atoms with Crippen LogP contribution in [-0.2, 0) is 11.0 Å². The van der Waals surface area contributed by atoms with Crippen molar-refractivity contribution in [3.8, 4) is 0 Å². The van der Waals surface area contributed by atoms with E-state index in [1.54, 1.807) is 0 Å². The smallest absolute Gasteiger partial charge is 0.394 e. The van der Waals surface area contributed by atoms with Crippen molar-refractivity contribution in [1.82, 2.24) is 15.3 Å². The summed E-state index contributed by atoms with van der Waals surface area (Å²) >= 11 is 0. The van der Waals surface area contributed by atoms with Gasteiger partial charge in [-0.2, -0.15) is 13.2 Å². The van der Waals surface area contributed by atoms with Crippen LogP contribution in [0.3, 0.4) is 0 Å². The lowest BCUT2D eigenvalue weighted by Gasteiger charge is -2.28. The normalized spacial score (nSPS) is 16.9. The minimum absolute atomic E-state index is 0.00886. The SMILES string of the molecule is CC(=O)N[C@@H](c1nc2ccc(C(F)(F)F)cc2[nH]1)[C@@H](O)[C@@H](O)[C@H](O)CO. The number of aromatic nitrogens is 2. The summed E-state index contributed by atoms with van der Waals surface area (Å²) in [4.78, 5) is 18.0. The van der Waals surface area contributed by atoms with Crippen LogP contribution < -0.4 is 5.32 Å². The monoisotopic (exact) mass is 377 g/mol. The molecule has 0 fully saturated rings. The number of rotatable bonds is 6. The second-order valence-corrected chi connectivity index (χ2v) is 5.76. The van der Waals surface area contributed by atoms with E-state index in [1.165, 1.54) is 0 Å². The number of halogens is 3. The molecule has 0 saturated carbocycles. The van der Waals surface area contributed by atoms with E-state index in [-0.39, 0.29) is 16.9 Å². The average molecular weight is 377 g/mol. The van der Waals surface area contributed by atoms with E-state index in [2.05, 4.69) is 15.3 Å². The maximum absolute atomic E-state index is 12.8. The highest BCUT2D eigenvalue weighted by molar-refractivity contribution is 5.77. The van der Waals surface area contributed by atoms with Crippen molar-refractivity contribution in [2.75, 3.05) is 6.61 Å². The molecule has 0 bridgehead atoms. The standard InChI is InChI=1S/C15H18F3N3O5/c1-6(23)19-11(13(26)12(25)10(24)5-22)14-20-8-3-2-7(15(16,17)18)4-9(8)21-14/h2-4,10-13,22,24-26H,5H2,1H3,(H,19,23)(H,20,21)/t10-,11-,12+,13-/m1/s1. The number of carbonyl (C=O) groups is 1. The molecular formula is C15H18F3N3O5. The van der Waals surface area contributed by atoms with Crippen LogP contribution in [-0.4, -0.2) is 61.2 Å². The minimum atomic E-state index is -4.56. The molecule has 1 aromatic heterocycles. The summed E-state index contributed by atoms with van der Waals surface area (Å²) in [6, 6.07) is 1.42. The fourth-order valence-electron chi connectivity index (χ4n) is 2.42. The molecule has 0 aliphatic heterocycles. The molecule has 144 valence electrons. The Hall–Kier alpha value is -2.21. The lowest BCUT2D eigenvalue weighted by Crippen LogP contribution is -2.47. The van der Waals surface area contributed by atoms with E-state index < -0.39 is 48.6 Å². The van der Waals surface area contributed by atoms with Gasteiger partial charge in [0.15, 0.2) is 0 Å². The molecular weight excluding hydrogens is 359 g/mol. The number of carbonyl (C=O) groups excluding carboxylic acids is 1. The number of amides is 1. The molecule has 1 aromatic carbocycles. The summed E-state index contributed by atoms with van der Waals surface area (Å²) in [6.45, 7) is 0.277. The second kappa shape index (κ2) is 7.58. The number of nitrogens with zero attached hydrogens (tertiary/aromatic N) is 1. The van der Waals surface area contributed by atoms with Gasteiger partial charge in [0.05, 0.1) is 23.2 Å². The first-order chi connectivity index (χ1) is 12.0. The van der Waals surface area contributed by atoms with Gasteiger partial charge < -0.3 is 30.7 Å². The van der Waals surface area contributed by atoms with Gasteiger partial charge in [-0.15, -0.1) is 0 Å². The Balaban J connectivity index is 2.43. The van der Waals surface area contributed by atoms with Crippen LogP contribution in [0, 0.1) is 0 Å². The molecule has 11 heteroatoms. The van der Waals surface area contributed by atoms with Crippen LogP contribution >= 0.6 is 0 Å². The van der Waals surface area contributed by atoms with E-state index >= 15 is 0 Å². The number of alkyl halides is 3. The molecule has 0 aliphatic carbocycles. The third kappa shape index (κ3) is 4.30. The van der Waals surface area contributed by atoms with Crippen molar-refractivity contribution in [3.63, 3.8) is 0 Å².